The quantitative estimate of drug-likeness (QED) is 0.594. The third-order valence-corrected chi connectivity index (χ3v) is 3.57. The minimum absolute atomic E-state index is 0.0169. The van der Waals surface area contributed by atoms with Crippen LogP contribution in [0.25, 0.3) is 0 Å². The van der Waals surface area contributed by atoms with Crippen molar-refractivity contribution in [1.82, 2.24) is 4.98 Å². The van der Waals surface area contributed by atoms with Crippen molar-refractivity contribution in [2.75, 3.05) is 0 Å². The van der Waals surface area contributed by atoms with Gasteiger partial charge in [-0.1, -0.05) is 12.8 Å². The van der Waals surface area contributed by atoms with Crippen LogP contribution in [0, 0.1) is 10.1 Å². The maximum absolute atomic E-state index is 11.9. The van der Waals surface area contributed by atoms with E-state index in [2.05, 4.69) is 4.98 Å². The highest BCUT2D eigenvalue weighted by Gasteiger charge is 2.45. The molecule has 1 aromatic heterocycles. The van der Waals surface area contributed by atoms with Gasteiger partial charge in [0.15, 0.2) is 0 Å². The Morgan fingerprint density at radius 3 is 2.65 bits per heavy atom. The molecule has 2 rings (SSSR count). The van der Waals surface area contributed by atoms with Crippen LogP contribution in [0.4, 0.5) is 5.69 Å². The van der Waals surface area contributed by atoms with E-state index in [4.69, 9.17) is 0 Å². The maximum atomic E-state index is 11.9. The number of hydrogen-bond donors (Lipinski definition) is 0. The molecule has 1 fully saturated rings. The Morgan fingerprint density at radius 2 is 2.12 bits per heavy atom. The van der Waals surface area contributed by atoms with Crippen molar-refractivity contribution in [3.05, 3.63) is 34.1 Å². The summed E-state index contributed by atoms with van der Waals surface area (Å²) in [5.41, 5.74) is -0.427. The minimum atomic E-state index is -0.732. The van der Waals surface area contributed by atoms with Crippen molar-refractivity contribution in [1.29, 1.82) is 0 Å². The molecule has 0 saturated heterocycles. The maximum Gasteiger partial charge on any atom is 0.291 e. The molecule has 90 valence electrons. The lowest BCUT2D eigenvalue weighted by Gasteiger charge is -2.24. The van der Waals surface area contributed by atoms with E-state index in [0.717, 1.165) is 12.8 Å². The van der Waals surface area contributed by atoms with Gasteiger partial charge in [-0.05, 0) is 25.8 Å². The molecule has 1 aliphatic carbocycles. The molecular formula is C12H14N2O3. The van der Waals surface area contributed by atoms with Crippen LogP contribution in [-0.2, 0) is 10.2 Å². The summed E-state index contributed by atoms with van der Waals surface area (Å²) < 4.78 is 0. The molecule has 0 aromatic carbocycles. The zero-order chi connectivity index (χ0) is 12.5. The summed E-state index contributed by atoms with van der Waals surface area (Å²) in [5.74, 6) is -0.0169. The molecule has 0 aliphatic heterocycles. The predicted molar refractivity (Wildman–Crippen MR) is 61.7 cm³/mol. The molecular weight excluding hydrogens is 220 g/mol. The van der Waals surface area contributed by atoms with E-state index < -0.39 is 10.3 Å². The number of nitro groups is 1. The van der Waals surface area contributed by atoms with Gasteiger partial charge in [0, 0.05) is 12.3 Å². The number of carbonyl (C=O) groups excluding carboxylic acids is 1. The summed E-state index contributed by atoms with van der Waals surface area (Å²) in [6.45, 7) is 1.50. The molecule has 1 aliphatic rings. The van der Waals surface area contributed by atoms with E-state index in [1.165, 1.54) is 25.3 Å². The first-order valence-corrected chi connectivity index (χ1v) is 5.69. The third-order valence-electron chi connectivity index (χ3n) is 3.57. The molecule has 5 heteroatoms. The highest BCUT2D eigenvalue weighted by molar-refractivity contribution is 5.89. The normalized spacial score (nSPS) is 17.9. The van der Waals surface area contributed by atoms with Crippen LogP contribution in [-0.4, -0.2) is 15.7 Å². The van der Waals surface area contributed by atoms with Gasteiger partial charge in [0.2, 0.25) is 0 Å². The summed E-state index contributed by atoms with van der Waals surface area (Å²) in [6, 6.07) is 2.95. The zero-order valence-electron chi connectivity index (χ0n) is 9.68. The molecule has 0 N–H and O–H groups in total. The first-order valence-electron chi connectivity index (χ1n) is 5.69. The van der Waals surface area contributed by atoms with E-state index in [-0.39, 0.29) is 11.5 Å². The van der Waals surface area contributed by atoms with Crippen molar-refractivity contribution in [3.63, 3.8) is 0 Å². The van der Waals surface area contributed by atoms with Crippen LogP contribution in [0.1, 0.15) is 38.3 Å². The van der Waals surface area contributed by atoms with Crippen molar-refractivity contribution in [3.8, 4) is 0 Å². The molecule has 0 amide bonds. The SMILES string of the molecule is CC(=O)C1(c2ncccc2[N+](=O)[O-])CCCC1. The lowest BCUT2D eigenvalue weighted by Crippen LogP contribution is -2.32. The largest absolute Gasteiger partial charge is 0.299 e. The van der Waals surface area contributed by atoms with Crippen LogP contribution >= 0.6 is 0 Å². The molecule has 0 unspecified atom stereocenters. The van der Waals surface area contributed by atoms with Crippen LogP contribution in [0.2, 0.25) is 0 Å². The van der Waals surface area contributed by atoms with Gasteiger partial charge in [0.05, 0.1) is 10.3 Å². The molecule has 0 spiro atoms. The van der Waals surface area contributed by atoms with Crippen molar-refractivity contribution in [2.45, 2.75) is 38.0 Å². The average molecular weight is 234 g/mol. The lowest BCUT2D eigenvalue weighted by atomic mass is 9.78. The number of pyridine rings is 1. The van der Waals surface area contributed by atoms with Gasteiger partial charge < -0.3 is 0 Å². The average Bonchev–Trinajstić information content (AvgIpc) is 2.79. The van der Waals surface area contributed by atoms with E-state index in [0.29, 0.717) is 18.5 Å². The van der Waals surface area contributed by atoms with Crippen molar-refractivity contribution in [2.24, 2.45) is 0 Å². The van der Waals surface area contributed by atoms with Crippen LogP contribution in [0.3, 0.4) is 0 Å². The second-order valence-corrected chi connectivity index (χ2v) is 4.47. The summed E-state index contributed by atoms with van der Waals surface area (Å²) >= 11 is 0. The molecule has 5 nitrogen and oxygen atoms in total. The smallest absolute Gasteiger partial charge is 0.291 e. The highest BCUT2D eigenvalue weighted by atomic mass is 16.6. The van der Waals surface area contributed by atoms with Gasteiger partial charge >= 0.3 is 0 Å². The number of Topliss-reactive ketones (excluding diaryl/α,β-unsaturated/α-hetero) is 1. The van der Waals surface area contributed by atoms with Gasteiger partial charge in [-0.3, -0.25) is 19.9 Å². The number of rotatable bonds is 3. The first-order chi connectivity index (χ1) is 8.08. The number of hydrogen-bond acceptors (Lipinski definition) is 4. The monoisotopic (exact) mass is 234 g/mol. The minimum Gasteiger partial charge on any atom is -0.299 e. The second-order valence-electron chi connectivity index (χ2n) is 4.47. The molecule has 0 bridgehead atoms. The molecule has 1 aromatic rings. The predicted octanol–water partition coefficient (Wildman–Crippen LogP) is 2.39. The van der Waals surface area contributed by atoms with Gasteiger partial charge in [-0.25, -0.2) is 0 Å². The molecule has 17 heavy (non-hydrogen) atoms. The van der Waals surface area contributed by atoms with E-state index in [1.807, 2.05) is 0 Å². The Morgan fingerprint density at radius 1 is 1.47 bits per heavy atom. The molecule has 0 radical (unpaired) electrons. The Balaban J connectivity index is 2.58. The number of nitrogens with zero attached hydrogens (tertiary/aromatic N) is 2. The molecule has 1 heterocycles. The highest BCUT2D eigenvalue weighted by Crippen LogP contribution is 2.43. The Bertz CT molecular complexity index is 465. The van der Waals surface area contributed by atoms with Crippen molar-refractivity contribution >= 4 is 11.5 Å². The third kappa shape index (κ3) is 1.81. The fraction of sp³-hybridized carbons (Fsp3) is 0.500. The first kappa shape index (κ1) is 11.7. The van der Waals surface area contributed by atoms with Gasteiger partial charge in [-0.15, -0.1) is 0 Å². The Kier molecular flexibility index (Phi) is 2.92. The second kappa shape index (κ2) is 4.24. The molecule has 0 atom stereocenters. The zero-order valence-corrected chi connectivity index (χ0v) is 9.68. The number of aromatic nitrogens is 1. The number of ketones is 1. The van der Waals surface area contributed by atoms with Gasteiger partial charge in [0.1, 0.15) is 11.5 Å². The van der Waals surface area contributed by atoms with E-state index in [1.54, 1.807) is 0 Å². The standard InChI is InChI=1S/C12H14N2O3/c1-9(15)12(6-2-3-7-12)11-10(14(16)17)5-4-8-13-11/h4-5,8H,2-3,6-7H2,1H3. The summed E-state index contributed by atoms with van der Waals surface area (Å²) in [7, 11) is 0. The van der Waals surface area contributed by atoms with Crippen LogP contribution in [0.5, 0.6) is 0 Å². The Labute approximate surface area is 99.0 Å². The summed E-state index contributed by atoms with van der Waals surface area (Å²) in [4.78, 5) is 26.5. The van der Waals surface area contributed by atoms with Gasteiger partial charge in [-0.2, -0.15) is 0 Å². The van der Waals surface area contributed by atoms with E-state index in [9.17, 15) is 14.9 Å². The van der Waals surface area contributed by atoms with Crippen LogP contribution in [0.15, 0.2) is 18.3 Å². The van der Waals surface area contributed by atoms with Crippen LogP contribution < -0.4 is 0 Å². The Hall–Kier alpha value is -1.78. The topological polar surface area (TPSA) is 73.1 Å². The van der Waals surface area contributed by atoms with E-state index >= 15 is 0 Å². The number of carbonyl (C=O) groups is 1. The summed E-state index contributed by atoms with van der Waals surface area (Å²) in [6.07, 6.45) is 4.70. The lowest BCUT2D eigenvalue weighted by molar-refractivity contribution is -0.386. The van der Waals surface area contributed by atoms with Gasteiger partial charge in [0.25, 0.3) is 5.69 Å². The fourth-order valence-corrected chi connectivity index (χ4v) is 2.65. The summed E-state index contributed by atoms with van der Waals surface area (Å²) in [5, 5.41) is 11.0. The fourth-order valence-electron chi connectivity index (χ4n) is 2.65. The molecule has 1 saturated carbocycles. The van der Waals surface area contributed by atoms with Crippen molar-refractivity contribution < 1.29 is 9.72 Å².